The summed E-state index contributed by atoms with van der Waals surface area (Å²) in [6, 6.07) is 0. The first-order valence-corrected chi connectivity index (χ1v) is 9.11. The first-order chi connectivity index (χ1) is 10.9. The molecule has 0 aromatic carbocycles. The Balaban J connectivity index is 1.98. The average Bonchev–Trinajstić information content (AvgIpc) is 3.15. The molecule has 0 saturated heterocycles. The fourth-order valence-electron chi connectivity index (χ4n) is 2.68. The van der Waals surface area contributed by atoms with Gasteiger partial charge in [0.05, 0.1) is 11.4 Å². The van der Waals surface area contributed by atoms with Crippen LogP contribution in [0.15, 0.2) is 21.9 Å². The molecule has 0 bridgehead atoms. The molecule has 1 saturated carbocycles. The third kappa shape index (κ3) is 3.79. The van der Waals surface area contributed by atoms with E-state index in [1.54, 1.807) is 0 Å². The Morgan fingerprint density at radius 2 is 1.48 bits per heavy atom. The zero-order chi connectivity index (χ0) is 16.4. The standard InChI is InChI=1S/C16H18N4OS2/c1-16(2,3)12-4-10(6-13-8-22-19-17-13)15(21)11(5-12)7-14-9-23-20-18-14/h6-9,12H,4-5H2,1-3H3/b10-6-,11-7-. The molecule has 1 aliphatic carbocycles. The third-order valence-corrected chi connectivity index (χ3v) is 5.18. The molecule has 3 rings (SSSR count). The van der Waals surface area contributed by atoms with E-state index in [1.165, 1.54) is 23.1 Å². The van der Waals surface area contributed by atoms with Gasteiger partial charge in [-0.25, -0.2) is 0 Å². The Morgan fingerprint density at radius 1 is 1.00 bits per heavy atom. The van der Waals surface area contributed by atoms with Crippen LogP contribution in [0.2, 0.25) is 0 Å². The van der Waals surface area contributed by atoms with Crippen molar-refractivity contribution in [3.05, 3.63) is 33.3 Å². The summed E-state index contributed by atoms with van der Waals surface area (Å²) >= 11 is 2.58. The van der Waals surface area contributed by atoms with Crippen molar-refractivity contribution in [3.63, 3.8) is 0 Å². The maximum Gasteiger partial charge on any atom is 0.185 e. The summed E-state index contributed by atoms with van der Waals surface area (Å²) in [6.07, 6.45) is 5.28. The first-order valence-electron chi connectivity index (χ1n) is 7.43. The lowest BCUT2D eigenvalue weighted by molar-refractivity contribution is -0.113. The molecule has 1 fully saturated rings. The van der Waals surface area contributed by atoms with Gasteiger partial charge >= 0.3 is 0 Å². The average molecular weight is 346 g/mol. The molecular formula is C16H18N4OS2. The second kappa shape index (κ2) is 6.41. The SMILES string of the molecule is CC(C)(C)C1C/C(=C/c2csnn2)C(=O)/C(=C\c2csnn2)C1. The minimum Gasteiger partial charge on any atom is -0.289 e. The molecule has 2 aromatic rings. The monoisotopic (exact) mass is 346 g/mol. The van der Waals surface area contributed by atoms with E-state index in [0.29, 0.717) is 5.92 Å². The van der Waals surface area contributed by atoms with Crippen molar-refractivity contribution in [2.75, 3.05) is 0 Å². The van der Waals surface area contributed by atoms with E-state index in [1.807, 2.05) is 22.9 Å². The van der Waals surface area contributed by atoms with Crippen LogP contribution in [0.1, 0.15) is 45.0 Å². The molecule has 0 atom stereocenters. The van der Waals surface area contributed by atoms with Crippen molar-refractivity contribution < 1.29 is 4.79 Å². The van der Waals surface area contributed by atoms with Crippen LogP contribution in [0.5, 0.6) is 0 Å². The molecule has 0 N–H and O–H groups in total. The highest BCUT2D eigenvalue weighted by Crippen LogP contribution is 2.41. The fraction of sp³-hybridized carbons (Fsp3) is 0.438. The number of hydrogen-bond donors (Lipinski definition) is 0. The van der Waals surface area contributed by atoms with Gasteiger partial charge in [-0.05, 0) is 59.4 Å². The normalized spacial score (nSPS) is 22.9. The highest BCUT2D eigenvalue weighted by Gasteiger charge is 2.34. The van der Waals surface area contributed by atoms with Gasteiger partial charge in [0.15, 0.2) is 5.78 Å². The number of Topliss-reactive ketones (excluding diaryl/α,β-unsaturated/α-hetero) is 1. The summed E-state index contributed by atoms with van der Waals surface area (Å²) in [5.74, 6) is 0.488. The van der Waals surface area contributed by atoms with Crippen molar-refractivity contribution in [3.8, 4) is 0 Å². The molecule has 2 aromatic heterocycles. The molecule has 1 aliphatic rings. The lowest BCUT2D eigenvalue weighted by Gasteiger charge is -2.35. The maximum absolute atomic E-state index is 12.8. The van der Waals surface area contributed by atoms with Crippen LogP contribution in [0.25, 0.3) is 12.2 Å². The Labute approximate surface area is 143 Å². The van der Waals surface area contributed by atoms with Gasteiger partial charge in [-0.3, -0.25) is 4.79 Å². The van der Waals surface area contributed by atoms with Gasteiger partial charge in [-0.1, -0.05) is 29.7 Å². The van der Waals surface area contributed by atoms with Crippen molar-refractivity contribution in [1.82, 2.24) is 19.2 Å². The second-order valence-corrected chi connectivity index (χ2v) is 8.02. The molecule has 0 radical (unpaired) electrons. The van der Waals surface area contributed by atoms with Crippen LogP contribution >= 0.6 is 23.1 Å². The molecule has 0 amide bonds. The van der Waals surface area contributed by atoms with E-state index in [-0.39, 0.29) is 11.2 Å². The summed E-state index contributed by atoms with van der Waals surface area (Å²) in [5, 5.41) is 11.8. The number of carbonyl (C=O) groups is 1. The van der Waals surface area contributed by atoms with Crippen molar-refractivity contribution >= 4 is 41.0 Å². The number of aromatic nitrogens is 4. The molecule has 0 spiro atoms. The summed E-state index contributed by atoms with van der Waals surface area (Å²) in [6.45, 7) is 6.66. The quantitative estimate of drug-likeness (QED) is 0.772. The molecule has 0 unspecified atom stereocenters. The second-order valence-electron chi connectivity index (χ2n) is 6.80. The van der Waals surface area contributed by atoms with Crippen LogP contribution < -0.4 is 0 Å². The van der Waals surface area contributed by atoms with Gasteiger partial charge in [0.2, 0.25) is 0 Å². The van der Waals surface area contributed by atoms with Crippen molar-refractivity contribution in [2.45, 2.75) is 33.6 Å². The van der Waals surface area contributed by atoms with E-state index >= 15 is 0 Å². The van der Waals surface area contributed by atoms with Crippen LogP contribution in [0, 0.1) is 11.3 Å². The number of allylic oxidation sites excluding steroid dienone is 2. The van der Waals surface area contributed by atoms with Gasteiger partial charge in [0, 0.05) is 21.9 Å². The highest BCUT2D eigenvalue weighted by molar-refractivity contribution is 7.03. The topological polar surface area (TPSA) is 68.6 Å². The van der Waals surface area contributed by atoms with Gasteiger partial charge in [0.1, 0.15) is 0 Å². The van der Waals surface area contributed by atoms with Gasteiger partial charge < -0.3 is 0 Å². The Bertz CT molecular complexity index is 683. The van der Waals surface area contributed by atoms with Gasteiger partial charge in [-0.2, -0.15) is 0 Å². The van der Waals surface area contributed by atoms with Gasteiger partial charge in [0.25, 0.3) is 0 Å². The van der Waals surface area contributed by atoms with Crippen LogP contribution in [-0.4, -0.2) is 25.0 Å². The number of ketones is 1. The smallest absolute Gasteiger partial charge is 0.185 e. The zero-order valence-corrected chi connectivity index (χ0v) is 14.9. The molecular weight excluding hydrogens is 328 g/mol. The lowest BCUT2D eigenvalue weighted by Crippen LogP contribution is -2.29. The maximum atomic E-state index is 12.8. The first kappa shape index (κ1) is 16.1. The van der Waals surface area contributed by atoms with E-state index in [2.05, 4.69) is 39.9 Å². The number of rotatable bonds is 2. The van der Waals surface area contributed by atoms with Crippen molar-refractivity contribution in [2.24, 2.45) is 11.3 Å². The van der Waals surface area contributed by atoms with Crippen LogP contribution in [-0.2, 0) is 4.79 Å². The summed E-state index contributed by atoms with van der Waals surface area (Å²) in [7, 11) is 0. The Hall–Kier alpha value is -1.73. The number of hydrogen-bond acceptors (Lipinski definition) is 7. The predicted molar refractivity (Wildman–Crippen MR) is 93.0 cm³/mol. The van der Waals surface area contributed by atoms with E-state index in [4.69, 9.17) is 0 Å². The minimum absolute atomic E-state index is 0.0894. The van der Waals surface area contributed by atoms with E-state index < -0.39 is 0 Å². The van der Waals surface area contributed by atoms with Crippen LogP contribution in [0.3, 0.4) is 0 Å². The zero-order valence-electron chi connectivity index (χ0n) is 13.3. The third-order valence-electron chi connectivity index (χ3n) is 4.14. The molecule has 23 heavy (non-hydrogen) atoms. The Morgan fingerprint density at radius 3 is 1.83 bits per heavy atom. The molecule has 2 heterocycles. The predicted octanol–water partition coefficient (Wildman–Crippen LogP) is 3.88. The lowest BCUT2D eigenvalue weighted by atomic mass is 9.68. The summed E-state index contributed by atoms with van der Waals surface area (Å²) in [4.78, 5) is 12.8. The number of nitrogens with zero attached hydrogens (tertiary/aromatic N) is 4. The fourth-order valence-corrected chi connectivity index (χ4v) is 3.51. The van der Waals surface area contributed by atoms with E-state index in [9.17, 15) is 4.79 Å². The molecule has 7 heteroatoms. The Kier molecular flexibility index (Phi) is 4.50. The summed E-state index contributed by atoms with van der Waals surface area (Å²) < 4.78 is 7.73. The van der Waals surface area contributed by atoms with E-state index in [0.717, 1.165) is 35.4 Å². The van der Waals surface area contributed by atoms with Crippen molar-refractivity contribution in [1.29, 1.82) is 0 Å². The molecule has 5 nitrogen and oxygen atoms in total. The molecule has 120 valence electrons. The minimum atomic E-state index is 0.0894. The van der Waals surface area contributed by atoms with Crippen LogP contribution in [0.4, 0.5) is 0 Å². The molecule has 0 aliphatic heterocycles. The highest BCUT2D eigenvalue weighted by atomic mass is 32.1. The summed E-state index contributed by atoms with van der Waals surface area (Å²) in [5.41, 5.74) is 3.24. The van der Waals surface area contributed by atoms with Gasteiger partial charge in [-0.15, -0.1) is 10.2 Å². The largest absolute Gasteiger partial charge is 0.289 e. The number of carbonyl (C=O) groups excluding carboxylic acids is 1.